The number of aromatic nitrogens is 4. The minimum atomic E-state index is -0.316. The maximum atomic E-state index is 14.0. The number of hydrogen-bond donors (Lipinski definition) is 2. The molecule has 9 rings (SSSR count). The van der Waals surface area contributed by atoms with E-state index in [0.717, 1.165) is 72.7 Å². The third-order valence-corrected chi connectivity index (χ3v) is 9.01. The second-order valence-corrected chi connectivity index (χ2v) is 11.5. The number of nitrogens with one attached hydrogen (secondary N) is 1. The fraction of sp³-hybridized carbons (Fsp3) is 0.323. The minimum absolute atomic E-state index is 0.262. The summed E-state index contributed by atoms with van der Waals surface area (Å²) in [6.07, 6.45) is 10.7. The normalized spacial score (nSPS) is 22.4. The van der Waals surface area contributed by atoms with Crippen molar-refractivity contribution in [3.63, 3.8) is 0 Å². The van der Waals surface area contributed by atoms with Crippen LogP contribution in [0.1, 0.15) is 24.0 Å². The third kappa shape index (κ3) is 4.04. The van der Waals surface area contributed by atoms with Gasteiger partial charge in [0.05, 0.1) is 28.3 Å². The van der Waals surface area contributed by atoms with Crippen LogP contribution in [-0.4, -0.2) is 73.7 Å². The van der Waals surface area contributed by atoms with Gasteiger partial charge in [-0.3, -0.25) is 4.90 Å². The van der Waals surface area contributed by atoms with Crippen molar-refractivity contribution in [2.45, 2.75) is 37.6 Å². The van der Waals surface area contributed by atoms with E-state index in [2.05, 4.69) is 48.9 Å². The van der Waals surface area contributed by atoms with Crippen molar-refractivity contribution in [1.29, 1.82) is 5.26 Å². The van der Waals surface area contributed by atoms with Gasteiger partial charge in [0.25, 0.3) is 0 Å². The summed E-state index contributed by atoms with van der Waals surface area (Å²) in [5.41, 5.74) is 6.05. The summed E-state index contributed by atoms with van der Waals surface area (Å²) in [5, 5.41) is 20.4. The molecule has 4 aliphatic heterocycles. The van der Waals surface area contributed by atoms with Gasteiger partial charge in [0.2, 0.25) is 0 Å². The molecule has 9 nitrogen and oxygen atoms in total. The van der Waals surface area contributed by atoms with E-state index in [1.165, 1.54) is 6.20 Å². The van der Waals surface area contributed by atoms with E-state index in [-0.39, 0.29) is 11.9 Å². The fourth-order valence-electron chi connectivity index (χ4n) is 6.87. The van der Waals surface area contributed by atoms with Crippen LogP contribution in [0.4, 0.5) is 15.9 Å². The molecule has 9 heterocycles. The molecule has 2 N–H and O–H groups in total. The zero-order valence-corrected chi connectivity index (χ0v) is 22.4. The van der Waals surface area contributed by atoms with Crippen molar-refractivity contribution in [2.24, 2.45) is 0 Å². The Morgan fingerprint density at radius 1 is 1.07 bits per heavy atom. The topological polar surface area (TPSA) is 99.7 Å². The number of halogens is 1. The van der Waals surface area contributed by atoms with Crippen LogP contribution in [0, 0.1) is 17.1 Å². The maximum Gasteiger partial charge on any atom is 0.150 e. The molecule has 41 heavy (non-hydrogen) atoms. The van der Waals surface area contributed by atoms with Crippen LogP contribution in [0.5, 0.6) is 0 Å². The number of hydrogen-bond acceptors (Lipinski definition) is 7. The Kier molecular flexibility index (Phi) is 5.52. The van der Waals surface area contributed by atoms with Crippen LogP contribution in [0.2, 0.25) is 0 Å². The number of aliphatic hydroxyl groups is 1. The second kappa shape index (κ2) is 9.29. The number of aliphatic hydroxyl groups excluding tert-OH is 1. The molecule has 0 saturated carbocycles. The number of rotatable bonds is 5. The van der Waals surface area contributed by atoms with E-state index < -0.39 is 0 Å². The first kappa shape index (κ1) is 24.3. The lowest BCUT2D eigenvalue weighted by atomic mass is 9.87. The number of β-amino-alcohol motifs (C(OH)–C–C–N with tert-alkyl or cyclic N) is 1. The summed E-state index contributed by atoms with van der Waals surface area (Å²) in [4.78, 5) is 19.2. The van der Waals surface area contributed by atoms with Crippen molar-refractivity contribution in [3.05, 3.63) is 78.3 Å². The number of piperazine rings is 1. The van der Waals surface area contributed by atoms with Crippen LogP contribution in [0.15, 0.2) is 61.3 Å². The molecule has 0 aromatic carbocycles. The van der Waals surface area contributed by atoms with E-state index in [4.69, 9.17) is 4.98 Å². The Morgan fingerprint density at radius 3 is 2.71 bits per heavy atom. The number of aromatic amines is 1. The van der Waals surface area contributed by atoms with Crippen LogP contribution >= 0.6 is 0 Å². The molecule has 0 radical (unpaired) electrons. The summed E-state index contributed by atoms with van der Waals surface area (Å²) < 4.78 is 16.0. The predicted molar refractivity (Wildman–Crippen MR) is 154 cm³/mol. The predicted octanol–water partition coefficient (Wildman–Crippen LogP) is 3.92. The first-order valence-corrected chi connectivity index (χ1v) is 14.1. The molecule has 4 aliphatic rings. The minimum Gasteiger partial charge on any atom is -0.391 e. The van der Waals surface area contributed by atoms with Gasteiger partial charge in [-0.2, -0.15) is 5.26 Å². The number of anilines is 2. The van der Waals surface area contributed by atoms with Gasteiger partial charge >= 0.3 is 0 Å². The lowest BCUT2D eigenvalue weighted by Gasteiger charge is -2.56. The molecular weight excluding hydrogens is 519 g/mol. The van der Waals surface area contributed by atoms with Gasteiger partial charge in [0.1, 0.15) is 23.4 Å². The Bertz CT molecular complexity index is 1810. The van der Waals surface area contributed by atoms with Crippen molar-refractivity contribution in [3.8, 4) is 17.2 Å². The second-order valence-electron chi connectivity index (χ2n) is 11.5. The zero-order chi connectivity index (χ0) is 27.7. The molecule has 5 aromatic heterocycles. The summed E-state index contributed by atoms with van der Waals surface area (Å²) in [5.74, 6) is 0.688. The molecule has 0 spiro atoms. The van der Waals surface area contributed by atoms with Crippen LogP contribution in [0.3, 0.4) is 0 Å². The van der Waals surface area contributed by atoms with E-state index >= 15 is 0 Å². The third-order valence-electron chi connectivity index (χ3n) is 9.01. The average Bonchev–Trinajstić information content (AvgIpc) is 3.73. The van der Waals surface area contributed by atoms with Crippen LogP contribution in [-0.2, 0) is 6.54 Å². The molecule has 3 atom stereocenters. The van der Waals surface area contributed by atoms with Crippen molar-refractivity contribution >= 4 is 28.1 Å². The van der Waals surface area contributed by atoms with Gasteiger partial charge < -0.3 is 24.3 Å². The molecule has 0 aliphatic carbocycles. The average molecular weight is 549 g/mol. The van der Waals surface area contributed by atoms with E-state index in [1.807, 2.05) is 41.3 Å². The molecule has 5 aromatic rings. The van der Waals surface area contributed by atoms with Gasteiger partial charge in [-0.05, 0) is 48.7 Å². The highest BCUT2D eigenvalue weighted by Crippen LogP contribution is 2.37. The van der Waals surface area contributed by atoms with Gasteiger partial charge in [0.15, 0.2) is 0 Å². The Morgan fingerprint density at radius 2 is 1.95 bits per heavy atom. The number of piperidine rings is 1. The molecule has 2 unspecified atom stereocenters. The number of fused-ring (bicyclic) bond motifs is 4. The number of nitrogens with zero attached hydrogens (tertiary/aromatic N) is 7. The molecule has 0 amide bonds. The van der Waals surface area contributed by atoms with Crippen molar-refractivity contribution in [1.82, 2.24) is 24.3 Å². The number of pyridine rings is 3. The number of nitriles is 1. The molecule has 206 valence electrons. The smallest absolute Gasteiger partial charge is 0.150 e. The van der Waals surface area contributed by atoms with Gasteiger partial charge in [-0.15, -0.1) is 0 Å². The summed E-state index contributed by atoms with van der Waals surface area (Å²) >= 11 is 0. The summed E-state index contributed by atoms with van der Waals surface area (Å²) in [7, 11) is 0. The van der Waals surface area contributed by atoms with Crippen molar-refractivity contribution < 1.29 is 9.50 Å². The molecule has 2 bridgehead atoms. The van der Waals surface area contributed by atoms with Gasteiger partial charge in [-0.25, -0.2) is 14.4 Å². The highest BCUT2D eigenvalue weighted by Gasteiger charge is 2.44. The summed E-state index contributed by atoms with van der Waals surface area (Å²) in [6.45, 7) is 3.97. The zero-order valence-electron chi connectivity index (χ0n) is 22.4. The van der Waals surface area contributed by atoms with E-state index in [1.54, 1.807) is 0 Å². The quantitative estimate of drug-likeness (QED) is 0.343. The van der Waals surface area contributed by atoms with E-state index in [0.29, 0.717) is 35.2 Å². The van der Waals surface area contributed by atoms with Crippen LogP contribution < -0.4 is 9.80 Å². The molecular formula is C31H29FN8O. The molecule has 10 heteroatoms. The monoisotopic (exact) mass is 548 g/mol. The standard InChI is InChI=1S/C31H29FN8O/c32-28-13-36-31-27(28)7-19(11-35-31)14-40-23-8-24(40)17-39(16-23)29-2-1-21(12-34-29)26-9-22(37-6-4-25(41)18-37)15-38-5-3-20(10-33)30(26)38/h1-3,5,7,9,11-13,15,23-25,41H,4,6,8,14,16-18H2,(H,35,36)/t23?,24?,25-/m0/s1. The Hall–Kier alpha value is -4.46. The molecule has 4 saturated heterocycles. The summed E-state index contributed by atoms with van der Waals surface area (Å²) in [6, 6.07) is 13.2. The lowest BCUT2D eigenvalue weighted by molar-refractivity contribution is -0.00872. The van der Waals surface area contributed by atoms with Crippen LogP contribution in [0.25, 0.3) is 27.7 Å². The SMILES string of the molecule is N#Cc1ccn2cc(N3CC[C@H](O)C3)cc(-c3ccc(N4CC5CC(C4)N5Cc4cnc5[nH]cc(F)c5c4)nc3)c12. The van der Waals surface area contributed by atoms with Gasteiger partial charge in [0, 0.05) is 86.9 Å². The van der Waals surface area contributed by atoms with Crippen molar-refractivity contribution in [2.75, 3.05) is 36.0 Å². The highest BCUT2D eigenvalue weighted by atomic mass is 19.1. The largest absolute Gasteiger partial charge is 0.391 e. The first-order valence-electron chi connectivity index (χ1n) is 14.1. The Balaban J connectivity index is 1.02. The fourth-order valence-corrected chi connectivity index (χ4v) is 6.87. The maximum absolute atomic E-state index is 14.0. The first-order chi connectivity index (χ1) is 20.0. The molecule has 4 fully saturated rings. The van der Waals surface area contributed by atoms with E-state index in [9.17, 15) is 14.8 Å². The highest BCUT2D eigenvalue weighted by molar-refractivity contribution is 5.87. The van der Waals surface area contributed by atoms with Gasteiger partial charge in [-0.1, -0.05) is 0 Å². The Labute approximate surface area is 236 Å². The lowest BCUT2D eigenvalue weighted by Crippen LogP contribution is -2.68. The number of H-pyrrole nitrogens is 1.